The van der Waals surface area contributed by atoms with Crippen LogP contribution in [0.2, 0.25) is 0 Å². The second-order valence-electron chi connectivity index (χ2n) is 4.78. The molecule has 0 aliphatic heterocycles. The molecule has 0 spiro atoms. The summed E-state index contributed by atoms with van der Waals surface area (Å²) in [5.74, 6) is 0.146. The molecule has 0 aliphatic rings. The van der Waals surface area contributed by atoms with Crippen LogP contribution in [0, 0.1) is 5.82 Å². The molecule has 1 unspecified atom stereocenters. The van der Waals surface area contributed by atoms with Crippen molar-refractivity contribution in [3.8, 4) is 0 Å². The lowest BCUT2D eigenvalue weighted by atomic mass is 9.93. The Morgan fingerprint density at radius 1 is 1.05 bits per heavy atom. The molecule has 0 N–H and O–H groups in total. The molecule has 2 aromatic rings. The molecule has 0 fully saturated rings. The first-order chi connectivity index (χ1) is 9.22. The van der Waals surface area contributed by atoms with Gasteiger partial charge in [0.15, 0.2) is 0 Å². The van der Waals surface area contributed by atoms with Crippen LogP contribution in [-0.4, -0.2) is 5.33 Å². The molecule has 0 aromatic heterocycles. The van der Waals surface area contributed by atoms with Gasteiger partial charge in [0.05, 0.1) is 0 Å². The van der Waals surface area contributed by atoms with Crippen LogP contribution >= 0.6 is 15.9 Å². The number of halogens is 2. The molecule has 0 saturated carbocycles. The predicted molar refractivity (Wildman–Crippen MR) is 82.5 cm³/mol. The molecule has 0 saturated heterocycles. The fourth-order valence-corrected chi connectivity index (χ4v) is 2.82. The Morgan fingerprint density at radius 2 is 1.74 bits per heavy atom. The van der Waals surface area contributed by atoms with Crippen molar-refractivity contribution in [2.75, 3.05) is 5.33 Å². The third-order valence-corrected chi connectivity index (χ3v) is 4.20. The van der Waals surface area contributed by atoms with Crippen molar-refractivity contribution in [1.29, 1.82) is 0 Å². The number of aryl methyl sites for hydroxylation is 1. The van der Waals surface area contributed by atoms with E-state index in [9.17, 15) is 4.39 Å². The van der Waals surface area contributed by atoms with Gasteiger partial charge in [0.25, 0.3) is 0 Å². The first-order valence-electron chi connectivity index (χ1n) is 6.62. The second kappa shape index (κ2) is 6.85. The summed E-state index contributed by atoms with van der Waals surface area (Å²) >= 11 is 3.54. The zero-order valence-corrected chi connectivity index (χ0v) is 12.7. The third-order valence-electron chi connectivity index (χ3n) is 3.42. The molecule has 0 aliphatic carbocycles. The summed E-state index contributed by atoms with van der Waals surface area (Å²) in [5.41, 5.74) is 3.70. The third kappa shape index (κ3) is 3.90. The maximum atomic E-state index is 13.3. The van der Waals surface area contributed by atoms with Gasteiger partial charge in [-0.3, -0.25) is 0 Å². The first-order valence-corrected chi connectivity index (χ1v) is 7.74. The standard InChI is InChI=1S/C17H18BrF/c1-2-13-6-8-14(9-7-13)10-16(12-18)15-4-3-5-17(19)11-15/h3-9,11,16H,2,10,12H2,1H3. The number of hydrogen-bond acceptors (Lipinski definition) is 0. The van der Waals surface area contributed by atoms with E-state index < -0.39 is 0 Å². The molecule has 0 amide bonds. The Labute approximate surface area is 122 Å². The topological polar surface area (TPSA) is 0 Å². The molecular formula is C17H18BrF. The minimum atomic E-state index is -0.162. The van der Waals surface area contributed by atoms with Gasteiger partial charge >= 0.3 is 0 Å². The number of rotatable bonds is 5. The van der Waals surface area contributed by atoms with Gasteiger partial charge in [-0.15, -0.1) is 0 Å². The summed E-state index contributed by atoms with van der Waals surface area (Å²) < 4.78 is 13.3. The van der Waals surface area contributed by atoms with Gasteiger partial charge in [0.1, 0.15) is 5.82 Å². The van der Waals surface area contributed by atoms with Gasteiger partial charge in [-0.1, -0.05) is 59.3 Å². The summed E-state index contributed by atoms with van der Waals surface area (Å²) in [4.78, 5) is 0. The van der Waals surface area contributed by atoms with Gasteiger partial charge in [-0.05, 0) is 47.6 Å². The van der Waals surface area contributed by atoms with Crippen molar-refractivity contribution in [2.24, 2.45) is 0 Å². The lowest BCUT2D eigenvalue weighted by molar-refractivity contribution is 0.621. The van der Waals surface area contributed by atoms with Gasteiger partial charge in [0.2, 0.25) is 0 Å². The Kier molecular flexibility index (Phi) is 5.15. The summed E-state index contributed by atoms with van der Waals surface area (Å²) in [6.07, 6.45) is 1.99. The van der Waals surface area contributed by atoms with Gasteiger partial charge in [-0.25, -0.2) is 4.39 Å². The molecule has 1 atom stereocenters. The van der Waals surface area contributed by atoms with Crippen molar-refractivity contribution in [2.45, 2.75) is 25.7 Å². The summed E-state index contributed by atoms with van der Waals surface area (Å²) in [6, 6.07) is 15.6. The van der Waals surface area contributed by atoms with E-state index in [0.29, 0.717) is 5.92 Å². The normalized spacial score (nSPS) is 12.4. The molecule has 2 rings (SSSR count). The number of alkyl halides is 1. The summed E-state index contributed by atoms with van der Waals surface area (Å²) in [6.45, 7) is 2.16. The molecule has 0 bridgehead atoms. The van der Waals surface area contributed by atoms with Crippen LogP contribution in [0.1, 0.15) is 29.5 Å². The molecule has 2 heteroatoms. The average Bonchev–Trinajstić information content (AvgIpc) is 2.45. The lowest BCUT2D eigenvalue weighted by Crippen LogP contribution is -2.05. The highest BCUT2D eigenvalue weighted by molar-refractivity contribution is 9.09. The van der Waals surface area contributed by atoms with Crippen LogP contribution in [0.4, 0.5) is 4.39 Å². The highest BCUT2D eigenvalue weighted by atomic mass is 79.9. The Balaban J connectivity index is 2.14. The molecule has 100 valence electrons. The van der Waals surface area contributed by atoms with E-state index in [1.807, 2.05) is 6.07 Å². The number of benzene rings is 2. The van der Waals surface area contributed by atoms with Crippen LogP contribution in [0.15, 0.2) is 48.5 Å². The minimum Gasteiger partial charge on any atom is -0.207 e. The van der Waals surface area contributed by atoms with Crippen LogP contribution in [0.25, 0.3) is 0 Å². The second-order valence-corrected chi connectivity index (χ2v) is 5.43. The highest BCUT2D eigenvalue weighted by Gasteiger charge is 2.11. The van der Waals surface area contributed by atoms with Crippen LogP contribution in [-0.2, 0) is 12.8 Å². The monoisotopic (exact) mass is 320 g/mol. The average molecular weight is 321 g/mol. The van der Waals surface area contributed by atoms with Gasteiger partial charge in [0, 0.05) is 5.33 Å². The molecule has 0 heterocycles. The zero-order valence-electron chi connectivity index (χ0n) is 11.1. The van der Waals surface area contributed by atoms with Crippen molar-refractivity contribution < 1.29 is 4.39 Å². The van der Waals surface area contributed by atoms with Crippen LogP contribution < -0.4 is 0 Å². The van der Waals surface area contributed by atoms with Crippen LogP contribution in [0.3, 0.4) is 0 Å². The van der Waals surface area contributed by atoms with Crippen molar-refractivity contribution in [3.05, 3.63) is 71.0 Å². The van der Waals surface area contributed by atoms with E-state index >= 15 is 0 Å². The lowest BCUT2D eigenvalue weighted by Gasteiger charge is -2.15. The first kappa shape index (κ1) is 14.3. The fraction of sp³-hybridized carbons (Fsp3) is 0.294. The van der Waals surface area contributed by atoms with E-state index in [0.717, 1.165) is 23.7 Å². The highest BCUT2D eigenvalue weighted by Crippen LogP contribution is 2.24. The van der Waals surface area contributed by atoms with Gasteiger partial charge in [-0.2, -0.15) is 0 Å². The van der Waals surface area contributed by atoms with E-state index in [4.69, 9.17) is 0 Å². The zero-order chi connectivity index (χ0) is 13.7. The molecule has 19 heavy (non-hydrogen) atoms. The van der Waals surface area contributed by atoms with E-state index in [2.05, 4.69) is 47.1 Å². The molecule has 0 nitrogen and oxygen atoms in total. The number of hydrogen-bond donors (Lipinski definition) is 0. The van der Waals surface area contributed by atoms with E-state index in [1.165, 1.54) is 17.2 Å². The molecular weight excluding hydrogens is 303 g/mol. The quantitative estimate of drug-likeness (QED) is 0.671. The van der Waals surface area contributed by atoms with Crippen molar-refractivity contribution in [1.82, 2.24) is 0 Å². The Bertz CT molecular complexity index is 519. The van der Waals surface area contributed by atoms with Crippen molar-refractivity contribution >= 4 is 15.9 Å². The Morgan fingerprint density at radius 3 is 2.32 bits per heavy atom. The van der Waals surface area contributed by atoms with Crippen molar-refractivity contribution in [3.63, 3.8) is 0 Å². The van der Waals surface area contributed by atoms with E-state index in [1.54, 1.807) is 12.1 Å². The molecule has 2 aromatic carbocycles. The Hall–Kier alpha value is -1.15. The fourth-order valence-electron chi connectivity index (χ4n) is 2.22. The smallest absolute Gasteiger partial charge is 0.123 e. The predicted octanol–water partition coefficient (Wildman–Crippen LogP) is 5.11. The summed E-state index contributed by atoms with van der Waals surface area (Å²) in [7, 11) is 0. The maximum Gasteiger partial charge on any atom is 0.123 e. The SMILES string of the molecule is CCc1ccc(CC(CBr)c2cccc(F)c2)cc1. The maximum absolute atomic E-state index is 13.3. The molecule has 0 radical (unpaired) electrons. The largest absolute Gasteiger partial charge is 0.207 e. The van der Waals surface area contributed by atoms with Gasteiger partial charge < -0.3 is 0 Å². The summed E-state index contributed by atoms with van der Waals surface area (Å²) in [5, 5.41) is 0.839. The van der Waals surface area contributed by atoms with E-state index in [-0.39, 0.29) is 5.82 Å². The minimum absolute atomic E-state index is 0.162. The van der Waals surface area contributed by atoms with Crippen LogP contribution in [0.5, 0.6) is 0 Å².